The van der Waals surface area contributed by atoms with E-state index in [1.807, 2.05) is 5.38 Å². The summed E-state index contributed by atoms with van der Waals surface area (Å²) in [7, 11) is 0. The topological polar surface area (TPSA) is 66.1 Å². The molecule has 2 saturated heterocycles. The van der Waals surface area contributed by atoms with Crippen molar-refractivity contribution in [3.63, 3.8) is 0 Å². The van der Waals surface area contributed by atoms with E-state index in [0.29, 0.717) is 17.7 Å². The highest BCUT2D eigenvalue weighted by molar-refractivity contribution is 7.09. The molecule has 4 rings (SSSR count). The van der Waals surface area contributed by atoms with Gasteiger partial charge in [-0.3, -0.25) is 4.79 Å². The molecular weight excluding hydrogens is 308 g/mol. The molecule has 2 unspecified atom stereocenters. The van der Waals surface area contributed by atoms with Gasteiger partial charge in [-0.2, -0.15) is 0 Å². The zero-order valence-electron chi connectivity index (χ0n) is 13.6. The second kappa shape index (κ2) is 6.49. The Balaban J connectivity index is 1.45. The molecule has 3 aliphatic rings. The number of aromatic nitrogens is 1. The number of thiazole rings is 1. The lowest BCUT2D eigenvalue weighted by molar-refractivity contribution is 0.0856. The van der Waals surface area contributed by atoms with Crippen LogP contribution in [0, 0.1) is 0 Å². The lowest BCUT2D eigenvalue weighted by atomic mass is 9.78. The van der Waals surface area contributed by atoms with Crippen LogP contribution in [0.25, 0.3) is 0 Å². The lowest BCUT2D eigenvalue weighted by Crippen LogP contribution is -2.57. The molecule has 1 aliphatic carbocycles. The van der Waals surface area contributed by atoms with Gasteiger partial charge in [-0.1, -0.05) is 12.8 Å². The summed E-state index contributed by atoms with van der Waals surface area (Å²) in [5.74, 6) is 0.550. The Labute approximate surface area is 141 Å². The van der Waals surface area contributed by atoms with Gasteiger partial charge >= 0.3 is 0 Å². The second-order valence-corrected chi connectivity index (χ2v) is 8.10. The van der Waals surface area contributed by atoms with Crippen LogP contribution in [-0.4, -0.2) is 42.1 Å². The van der Waals surface area contributed by atoms with Gasteiger partial charge in [-0.05, 0) is 51.7 Å². The van der Waals surface area contributed by atoms with Crippen LogP contribution in [-0.2, 0) is 0 Å². The molecule has 0 aromatic carbocycles. The Kier molecular flexibility index (Phi) is 4.39. The molecule has 6 heteroatoms. The molecule has 2 aliphatic heterocycles. The van der Waals surface area contributed by atoms with Gasteiger partial charge in [0.1, 0.15) is 5.69 Å². The average molecular weight is 334 g/mol. The first kappa shape index (κ1) is 15.5. The van der Waals surface area contributed by atoms with E-state index < -0.39 is 0 Å². The van der Waals surface area contributed by atoms with Crippen LogP contribution >= 0.6 is 11.3 Å². The van der Waals surface area contributed by atoms with Crippen LogP contribution < -0.4 is 16.0 Å². The van der Waals surface area contributed by atoms with Crippen molar-refractivity contribution in [2.45, 2.75) is 62.4 Å². The molecule has 3 N–H and O–H groups in total. The number of carbonyl (C=O) groups is 1. The van der Waals surface area contributed by atoms with E-state index in [9.17, 15) is 4.79 Å². The highest BCUT2D eigenvalue weighted by Gasteiger charge is 2.45. The fourth-order valence-electron chi connectivity index (χ4n) is 4.46. The summed E-state index contributed by atoms with van der Waals surface area (Å²) < 4.78 is 0. The van der Waals surface area contributed by atoms with E-state index in [2.05, 4.69) is 20.9 Å². The molecule has 3 fully saturated rings. The van der Waals surface area contributed by atoms with Crippen molar-refractivity contribution in [2.75, 3.05) is 19.6 Å². The summed E-state index contributed by atoms with van der Waals surface area (Å²) in [6, 6.07) is 0.447. The van der Waals surface area contributed by atoms with Gasteiger partial charge in [-0.25, -0.2) is 4.98 Å². The van der Waals surface area contributed by atoms with E-state index in [1.54, 1.807) is 11.3 Å². The van der Waals surface area contributed by atoms with Crippen LogP contribution in [0.1, 0.15) is 66.4 Å². The zero-order chi connectivity index (χ0) is 15.7. The summed E-state index contributed by atoms with van der Waals surface area (Å²) in [4.78, 5) is 17.4. The summed E-state index contributed by atoms with van der Waals surface area (Å²) in [5, 5.41) is 13.4. The molecule has 1 saturated carbocycles. The number of piperidine rings is 1. The van der Waals surface area contributed by atoms with Gasteiger partial charge in [0.25, 0.3) is 5.91 Å². The van der Waals surface area contributed by atoms with Gasteiger partial charge in [0.15, 0.2) is 0 Å². The Morgan fingerprint density at radius 1 is 1.22 bits per heavy atom. The number of hydrogen-bond donors (Lipinski definition) is 3. The molecule has 0 bridgehead atoms. The van der Waals surface area contributed by atoms with Crippen LogP contribution in [0.2, 0.25) is 0 Å². The Bertz CT molecular complexity index is 569. The fourth-order valence-corrected chi connectivity index (χ4v) is 5.43. The molecule has 126 valence electrons. The molecule has 1 aromatic heterocycles. The van der Waals surface area contributed by atoms with Crippen LogP contribution in [0.15, 0.2) is 5.38 Å². The Morgan fingerprint density at radius 2 is 2.09 bits per heavy atom. The second-order valence-electron chi connectivity index (χ2n) is 7.21. The fraction of sp³-hybridized carbons (Fsp3) is 0.765. The minimum Gasteiger partial charge on any atom is -0.344 e. The molecule has 23 heavy (non-hydrogen) atoms. The Morgan fingerprint density at radius 3 is 2.96 bits per heavy atom. The monoisotopic (exact) mass is 334 g/mol. The minimum atomic E-state index is -0.0339. The van der Waals surface area contributed by atoms with Crippen LogP contribution in [0.3, 0.4) is 0 Å². The van der Waals surface area contributed by atoms with Crippen molar-refractivity contribution in [3.8, 4) is 0 Å². The highest BCUT2D eigenvalue weighted by atomic mass is 32.1. The first-order valence-electron chi connectivity index (χ1n) is 8.99. The van der Waals surface area contributed by atoms with E-state index in [-0.39, 0.29) is 11.4 Å². The molecule has 5 nitrogen and oxygen atoms in total. The van der Waals surface area contributed by atoms with Crippen molar-refractivity contribution in [1.82, 2.24) is 20.9 Å². The third-order valence-corrected chi connectivity index (χ3v) is 6.81. The van der Waals surface area contributed by atoms with Gasteiger partial charge in [0.2, 0.25) is 0 Å². The van der Waals surface area contributed by atoms with Gasteiger partial charge in [0, 0.05) is 17.3 Å². The average Bonchev–Trinajstić information content (AvgIpc) is 3.23. The lowest BCUT2D eigenvalue weighted by Gasteiger charge is -2.39. The van der Waals surface area contributed by atoms with E-state index in [4.69, 9.17) is 0 Å². The largest absolute Gasteiger partial charge is 0.344 e. The van der Waals surface area contributed by atoms with Gasteiger partial charge < -0.3 is 16.0 Å². The van der Waals surface area contributed by atoms with Gasteiger partial charge in [0.05, 0.1) is 10.5 Å². The van der Waals surface area contributed by atoms with Crippen molar-refractivity contribution >= 4 is 17.2 Å². The Hall–Kier alpha value is -0.980. The predicted octanol–water partition coefficient (Wildman–Crippen LogP) is 2.01. The number of nitrogens with one attached hydrogen (secondary N) is 3. The summed E-state index contributed by atoms with van der Waals surface area (Å²) in [6.45, 7) is 3.13. The predicted molar refractivity (Wildman–Crippen MR) is 92.0 cm³/mol. The van der Waals surface area contributed by atoms with E-state index in [0.717, 1.165) is 50.3 Å². The molecule has 0 spiro atoms. The highest BCUT2D eigenvalue weighted by Crippen LogP contribution is 2.35. The standard InChI is InChI=1S/C17H26N4OS/c22-15(21-17-6-2-1-3-14(17)19-10-7-17)13-11-23-16(20-13)12-4-8-18-9-5-12/h11-12,14,18-19H,1-10H2,(H,21,22). The number of amides is 1. The van der Waals surface area contributed by atoms with Crippen LogP contribution in [0.4, 0.5) is 0 Å². The van der Waals surface area contributed by atoms with Crippen molar-refractivity contribution < 1.29 is 4.79 Å². The smallest absolute Gasteiger partial charge is 0.271 e. The maximum absolute atomic E-state index is 12.7. The first-order chi connectivity index (χ1) is 11.3. The van der Waals surface area contributed by atoms with Crippen molar-refractivity contribution in [3.05, 3.63) is 16.1 Å². The quantitative estimate of drug-likeness (QED) is 0.791. The van der Waals surface area contributed by atoms with E-state index in [1.165, 1.54) is 19.3 Å². The molecule has 1 amide bonds. The van der Waals surface area contributed by atoms with Crippen molar-refractivity contribution in [2.24, 2.45) is 0 Å². The number of fused-ring (bicyclic) bond motifs is 1. The first-order valence-corrected chi connectivity index (χ1v) is 9.87. The van der Waals surface area contributed by atoms with Gasteiger partial charge in [-0.15, -0.1) is 11.3 Å². The SMILES string of the molecule is O=C(NC12CCCCC1NCC2)c1csc(C2CCNCC2)n1. The third kappa shape index (κ3) is 3.04. The number of rotatable bonds is 3. The van der Waals surface area contributed by atoms with E-state index >= 15 is 0 Å². The molecule has 2 atom stereocenters. The zero-order valence-corrected chi connectivity index (χ0v) is 14.4. The maximum atomic E-state index is 12.7. The molecule has 0 radical (unpaired) electrons. The summed E-state index contributed by atoms with van der Waals surface area (Å²) >= 11 is 1.65. The number of nitrogens with zero attached hydrogens (tertiary/aromatic N) is 1. The minimum absolute atomic E-state index is 0.0250. The normalized spacial score (nSPS) is 31.7. The van der Waals surface area contributed by atoms with Crippen molar-refractivity contribution in [1.29, 1.82) is 0 Å². The van der Waals surface area contributed by atoms with Crippen LogP contribution in [0.5, 0.6) is 0 Å². The molecule has 1 aromatic rings. The number of hydrogen-bond acceptors (Lipinski definition) is 5. The third-order valence-electron chi connectivity index (χ3n) is 5.80. The number of carbonyl (C=O) groups excluding carboxylic acids is 1. The maximum Gasteiger partial charge on any atom is 0.271 e. The summed E-state index contributed by atoms with van der Waals surface area (Å²) in [5.41, 5.74) is 0.586. The summed E-state index contributed by atoms with van der Waals surface area (Å²) in [6.07, 6.45) is 8.07. The molecule has 3 heterocycles. The molecular formula is C17H26N4OS.